The van der Waals surface area contributed by atoms with Crippen LogP contribution in [0.25, 0.3) is 0 Å². The van der Waals surface area contributed by atoms with Gasteiger partial charge in [0.25, 0.3) is 10.0 Å². The molecule has 112 valence electrons. The van der Waals surface area contributed by atoms with Gasteiger partial charge in [-0.2, -0.15) is 0 Å². The summed E-state index contributed by atoms with van der Waals surface area (Å²) < 4.78 is 27.9. The molecule has 11 heteroatoms. The van der Waals surface area contributed by atoms with Gasteiger partial charge in [-0.1, -0.05) is 27.3 Å². The lowest BCUT2D eigenvalue weighted by Gasteiger charge is -2.08. The Morgan fingerprint density at radius 3 is 2.48 bits per heavy atom. The van der Waals surface area contributed by atoms with Crippen LogP contribution in [0.4, 0.5) is 16.4 Å². The summed E-state index contributed by atoms with van der Waals surface area (Å²) in [6.45, 7) is 0. The van der Waals surface area contributed by atoms with Crippen molar-refractivity contribution < 1.29 is 13.3 Å². The van der Waals surface area contributed by atoms with Gasteiger partial charge in [0.05, 0.1) is 10.6 Å². The molecule has 2 rings (SSSR count). The molecule has 0 bridgehead atoms. The van der Waals surface area contributed by atoms with Crippen LogP contribution in [-0.2, 0) is 10.0 Å². The average molecular weight is 457 g/mol. The van der Waals surface area contributed by atoms with Crippen LogP contribution in [-0.4, -0.2) is 13.3 Å². The largest absolute Gasteiger partial charge is 0.385 e. The third kappa shape index (κ3) is 3.54. The highest BCUT2D eigenvalue weighted by Crippen LogP contribution is 2.36. The van der Waals surface area contributed by atoms with Crippen molar-refractivity contribution >= 4 is 69.6 Å². The zero-order valence-corrected chi connectivity index (χ0v) is 14.8. The Morgan fingerprint density at radius 1 is 1.29 bits per heavy atom. The van der Waals surface area contributed by atoms with Gasteiger partial charge in [0.1, 0.15) is 4.21 Å². The molecule has 21 heavy (non-hydrogen) atoms. The van der Waals surface area contributed by atoms with Crippen molar-refractivity contribution in [1.82, 2.24) is 0 Å². The van der Waals surface area contributed by atoms with E-state index in [0.29, 0.717) is 21.5 Å². The maximum absolute atomic E-state index is 12.2. The topological polar surface area (TPSA) is 115 Å². The van der Waals surface area contributed by atoms with Crippen molar-refractivity contribution in [2.75, 3.05) is 10.5 Å². The first-order valence-electron chi connectivity index (χ1n) is 5.22. The average Bonchev–Trinajstić information content (AvgIpc) is 2.76. The molecule has 0 atom stereocenters. The lowest BCUT2D eigenvalue weighted by atomic mass is 10.3. The van der Waals surface area contributed by atoms with E-state index >= 15 is 0 Å². The molecule has 0 fully saturated rings. The molecule has 3 N–H and O–H groups in total. The van der Waals surface area contributed by atoms with Crippen LogP contribution in [0.15, 0.2) is 37.4 Å². The molecule has 7 nitrogen and oxygen atoms in total. The summed E-state index contributed by atoms with van der Waals surface area (Å²) in [4.78, 5) is 9.99. The van der Waals surface area contributed by atoms with Crippen LogP contribution in [0.1, 0.15) is 0 Å². The van der Waals surface area contributed by atoms with E-state index in [0.717, 1.165) is 10.5 Å². The second kappa shape index (κ2) is 5.91. The molecule has 1 heterocycles. The minimum atomic E-state index is -3.95. The Balaban J connectivity index is 2.38. The van der Waals surface area contributed by atoms with E-state index < -0.39 is 20.6 Å². The number of nitrogen functional groups attached to an aromatic ring is 1. The van der Waals surface area contributed by atoms with Gasteiger partial charge in [0.15, 0.2) is 5.00 Å². The normalized spacial score (nSPS) is 11.3. The molecule has 1 aromatic heterocycles. The smallest absolute Gasteiger partial charge is 0.304 e. The summed E-state index contributed by atoms with van der Waals surface area (Å²) in [6.07, 6.45) is 0. The number of rotatable bonds is 4. The number of thiophene rings is 1. The van der Waals surface area contributed by atoms with E-state index in [-0.39, 0.29) is 9.21 Å². The van der Waals surface area contributed by atoms with Gasteiger partial charge < -0.3 is 5.73 Å². The Hall–Kier alpha value is -1.17. The second-order valence-corrected chi connectivity index (χ2v) is 8.56. The summed E-state index contributed by atoms with van der Waals surface area (Å²) in [5, 5.41) is 10.6. The number of hydrogen-bond donors (Lipinski definition) is 2. The summed E-state index contributed by atoms with van der Waals surface area (Å²) in [6, 6.07) is 5.82. The Kier molecular flexibility index (Phi) is 4.56. The van der Waals surface area contributed by atoms with E-state index in [9.17, 15) is 18.5 Å². The highest BCUT2D eigenvalue weighted by atomic mass is 79.9. The minimum absolute atomic E-state index is 0.157. The van der Waals surface area contributed by atoms with Crippen molar-refractivity contribution in [1.29, 1.82) is 0 Å². The molecule has 0 aliphatic rings. The van der Waals surface area contributed by atoms with Crippen LogP contribution in [0.3, 0.4) is 0 Å². The Labute approximate surface area is 140 Å². The Morgan fingerprint density at radius 2 is 1.95 bits per heavy atom. The lowest BCUT2D eigenvalue weighted by Crippen LogP contribution is -2.11. The van der Waals surface area contributed by atoms with Crippen molar-refractivity contribution in [3.8, 4) is 0 Å². The van der Waals surface area contributed by atoms with Crippen LogP contribution in [0.5, 0.6) is 0 Å². The molecule has 0 amide bonds. The maximum atomic E-state index is 12.2. The minimum Gasteiger partial charge on any atom is -0.385 e. The van der Waals surface area contributed by atoms with Crippen molar-refractivity contribution in [3.63, 3.8) is 0 Å². The predicted octanol–water partition coefficient (Wildman–Crippen LogP) is 3.56. The number of halogens is 2. The highest BCUT2D eigenvalue weighted by molar-refractivity contribution is 9.11. The molecule has 0 spiro atoms. The van der Waals surface area contributed by atoms with Gasteiger partial charge in [-0.3, -0.25) is 14.8 Å². The second-order valence-electron chi connectivity index (χ2n) is 3.80. The van der Waals surface area contributed by atoms with E-state index in [4.69, 9.17) is 5.73 Å². The fourth-order valence-electron chi connectivity index (χ4n) is 1.42. The van der Waals surface area contributed by atoms with Crippen molar-refractivity contribution in [2.24, 2.45) is 0 Å². The van der Waals surface area contributed by atoms with E-state index in [1.165, 1.54) is 0 Å². The third-order valence-electron chi connectivity index (χ3n) is 2.35. The number of nitrogens with two attached hydrogens (primary N) is 1. The van der Waals surface area contributed by atoms with Gasteiger partial charge in [-0.25, -0.2) is 8.42 Å². The monoisotopic (exact) mass is 455 g/mol. The highest BCUT2D eigenvalue weighted by Gasteiger charge is 2.25. The maximum Gasteiger partial charge on any atom is 0.304 e. The zero-order chi connectivity index (χ0) is 15.8. The number of sulfonamides is 1. The summed E-state index contributed by atoms with van der Waals surface area (Å²) in [5.41, 5.74) is 5.34. The van der Waals surface area contributed by atoms with Crippen molar-refractivity contribution in [2.45, 2.75) is 4.21 Å². The molecule has 0 unspecified atom stereocenters. The van der Waals surface area contributed by atoms with E-state index in [1.807, 2.05) is 0 Å². The molecule has 0 saturated heterocycles. The molecule has 2 aromatic rings. The van der Waals surface area contributed by atoms with Crippen LogP contribution in [0.2, 0.25) is 0 Å². The number of nitro groups is 1. The molecule has 0 radical (unpaired) electrons. The first kappa shape index (κ1) is 16.2. The number of benzene rings is 1. The number of nitrogens with one attached hydrogen (secondary N) is 1. The van der Waals surface area contributed by atoms with Gasteiger partial charge in [0, 0.05) is 15.0 Å². The fraction of sp³-hybridized carbons (Fsp3) is 0. The van der Waals surface area contributed by atoms with Gasteiger partial charge >= 0.3 is 5.69 Å². The van der Waals surface area contributed by atoms with Crippen LogP contribution >= 0.6 is 43.2 Å². The SMILES string of the molecule is Nc1sc(S(=O)(=O)Nc2ccc(Br)cc2Br)cc1[N+](=O)[O-]. The van der Waals surface area contributed by atoms with E-state index in [1.54, 1.807) is 18.2 Å². The molecule has 0 saturated carbocycles. The van der Waals surface area contributed by atoms with Crippen LogP contribution < -0.4 is 10.5 Å². The number of hydrogen-bond acceptors (Lipinski definition) is 6. The first-order valence-corrected chi connectivity index (χ1v) is 9.11. The lowest BCUT2D eigenvalue weighted by molar-refractivity contribution is -0.383. The summed E-state index contributed by atoms with van der Waals surface area (Å²) in [7, 11) is -3.95. The standard InChI is InChI=1S/C10H7Br2N3O4S2/c11-5-1-2-7(6(12)3-5)14-21(18,19)9-4-8(15(16)17)10(13)20-9/h1-4,14H,13H2. The summed E-state index contributed by atoms with van der Waals surface area (Å²) >= 11 is 7.12. The van der Waals surface area contributed by atoms with Gasteiger partial charge in [-0.15, -0.1) is 0 Å². The molecular weight excluding hydrogens is 450 g/mol. The molecule has 0 aliphatic carbocycles. The predicted molar refractivity (Wildman–Crippen MR) is 88.0 cm³/mol. The van der Waals surface area contributed by atoms with Gasteiger partial charge in [0.2, 0.25) is 0 Å². The number of anilines is 2. The van der Waals surface area contributed by atoms with Gasteiger partial charge in [-0.05, 0) is 34.1 Å². The molecule has 0 aliphatic heterocycles. The molecule has 1 aromatic carbocycles. The summed E-state index contributed by atoms with van der Waals surface area (Å²) in [5.74, 6) is 0. The van der Waals surface area contributed by atoms with E-state index in [2.05, 4.69) is 36.6 Å². The van der Waals surface area contributed by atoms with Crippen molar-refractivity contribution in [3.05, 3.63) is 43.3 Å². The molecular formula is C10H7Br2N3O4S2. The first-order chi connectivity index (χ1) is 9.70. The zero-order valence-electron chi connectivity index (χ0n) is 10.0. The fourth-order valence-corrected chi connectivity index (χ4v) is 4.99. The Bertz CT molecular complexity index is 820. The van der Waals surface area contributed by atoms with Crippen LogP contribution in [0, 0.1) is 10.1 Å². The third-order valence-corrected chi connectivity index (χ3v) is 6.30. The quantitative estimate of drug-likeness (QED) is 0.538. The number of nitrogens with zero attached hydrogens (tertiary/aromatic N) is 1.